The van der Waals surface area contributed by atoms with Crippen LogP contribution in [-0.4, -0.2) is 24.3 Å². The minimum atomic E-state index is -0.313. The van der Waals surface area contributed by atoms with Crippen molar-refractivity contribution in [1.29, 1.82) is 0 Å². The molecule has 0 saturated heterocycles. The molecular weight excluding hydrogens is 358 g/mol. The Hall–Kier alpha value is -3.67. The molecule has 0 aliphatic rings. The molecule has 0 fully saturated rings. The Morgan fingerprint density at radius 2 is 1.71 bits per heavy atom. The van der Waals surface area contributed by atoms with Gasteiger partial charge in [-0.25, -0.2) is 0 Å². The number of H-pyrrole nitrogens is 1. The summed E-state index contributed by atoms with van der Waals surface area (Å²) in [4.78, 5) is 16.3. The van der Waals surface area contributed by atoms with E-state index in [-0.39, 0.29) is 16.6 Å². The summed E-state index contributed by atoms with van der Waals surface area (Å²) in [6, 6.07) is 16.4. The summed E-state index contributed by atoms with van der Waals surface area (Å²) in [5.41, 5.74) is 1.58. The van der Waals surface area contributed by atoms with E-state index in [0.29, 0.717) is 40.3 Å². The number of benzene rings is 3. The second-order valence-corrected chi connectivity index (χ2v) is 6.29. The number of nitrogens with one attached hydrogen (secondary N) is 1. The highest BCUT2D eigenvalue weighted by Crippen LogP contribution is 2.40. The van der Waals surface area contributed by atoms with Crippen molar-refractivity contribution >= 4 is 21.8 Å². The summed E-state index contributed by atoms with van der Waals surface area (Å²) in [5.74, 6) is 1.02. The average molecular weight is 377 g/mol. The largest absolute Gasteiger partial charge is 0.507 e. The van der Waals surface area contributed by atoms with E-state index < -0.39 is 0 Å². The van der Waals surface area contributed by atoms with E-state index in [9.17, 15) is 9.90 Å². The maximum Gasteiger partial charge on any atom is 0.201 e. The highest BCUT2D eigenvalue weighted by atomic mass is 16.5. The molecule has 6 heteroatoms. The second kappa shape index (κ2) is 7.15. The number of hydrogen-bond donors (Lipinski definition) is 2. The molecule has 0 atom stereocenters. The fraction of sp³-hybridized carbons (Fsp3) is 0.136. The first-order valence-corrected chi connectivity index (χ1v) is 8.73. The third kappa shape index (κ3) is 2.89. The lowest BCUT2D eigenvalue weighted by molar-refractivity contribution is 0.309. The van der Waals surface area contributed by atoms with E-state index in [4.69, 9.17) is 14.2 Å². The smallest absolute Gasteiger partial charge is 0.201 e. The van der Waals surface area contributed by atoms with Crippen molar-refractivity contribution in [2.45, 2.75) is 6.61 Å². The number of aromatic nitrogens is 1. The van der Waals surface area contributed by atoms with Gasteiger partial charge in [0.15, 0.2) is 11.5 Å². The van der Waals surface area contributed by atoms with Gasteiger partial charge < -0.3 is 24.3 Å². The summed E-state index contributed by atoms with van der Waals surface area (Å²) in [6.07, 6.45) is 0. The van der Waals surface area contributed by atoms with Crippen LogP contribution < -0.4 is 19.6 Å². The zero-order chi connectivity index (χ0) is 19.7. The predicted molar refractivity (Wildman–Crippen MR) is 108 cm³/mol. The molecule has 0 unspecified atom stereocenters. The highest BCUT2D eigenvalue weighted by Gasteiger charge is 2.19. The van der Waals surface area contributed by atoms with E-state index >= 15 is 0 Å². The minimum absolute atomic E-state index is 0.144. The highest BCUT2D eigenvalue weighted by molar-refractivity contribution is 6.01. The van der Waals surface area contributed by atoms with Crippen LogP contribution in [0.2, 0.25) is 0 Å². The Morgan fingerprint density at radius 1 is 0.929 bits per heavy atom. The van der Waals surface area contributed by atoms with Gasteiger partial charge in [0, 0.05) is 6.07 Å². The fourth-order valence-electron chi connectivity index (χ4n) is 3.29. The summed E-state index contributed by atoms with van der Waals surface area (Å²) < 4.78 is 16.7. The van der Waals surface area contributed by atoms with Crippen LogP contribution in [0.3, 0.4) is 0 Å². The van der Waals surface area contributed by atoms with Crippen molar-refractivity contribution < 1.29 is 19.3 Å². The first-order chi connectivity index (χ1) is 13.6. The van der Waals surface area contributed by atoms with Crippen LogP contribution in [0.5, 0.6) is 23.0 Å². The number of phenols is 1. The quantitative estimate of drug-likeness (QED) is 0.514. The van der Waals surface area contributed by atoms with E-state index in [0.717, 1.165) is 5.56 Å². The maximum absolute atomic E-state index is 13.1. The van der Waals surface area contributed by atoms with Crippen LogP contribution in [0.1, 0.15) is 5.56 Å². The number of ether oxygens (including phenoxy) is 3. The number of para-hydroxylation sites is 1. The first kappa shape index (κ1) is 17.7. The van der Waals surface area contributed by atoms with E-state index in [1.807, 2.05) is 30.3 Å². The third-order valence-electron chi connectivity index (χ3n) is 4.63. The molecule has 4 aromatic rings. The zero-order valence-electron chi connectivity index (χ0n) is 15.5. The molecule has 0 bridgehead atoms. The zero-order valence-corrected chi connectivity index (χ0v) is 15.5. The molecule has 0 saturated carbocycles. The molecule has 1 heterocycles. The van der Waals surface area contributed by atoms with E-state index in [2.05, 4.69) is 4.98 Å². The van der Waals surface area contributed by atoms with Crippen molar-refractivity contribution in [2.75, 3.05) is 14.2 Å². The molecule has 0 radical (unpaired) electrons. The van der Waals surface area contributed by atoms with Gasteiger partial charge >= 0.3 is 0 Å². The summed E-state index contributed by atoms with van der Waals surface area (Å²) >= 11 is 0. The van der Waals surface area contributed by atoms with Crippen LogP contribution in [0.4, 0.5) is 0 Å². The number of rotatable bonds is 5. The monoisotopic (exact) mass is 377 g/mol. The molecule has 6 nitrogen and oxygen atoms in total. The Bertz CT molecular complexity index is 1210. The molecule has 4 rings (SSSR count). The number of aromatic hydroxyl groups is 1. The van der Waals surface area contributed by atoms with E-state index in [1.165, 1.54) is 20.3 Å². The molecule has 0 spiro atoms. The SMILES string of the molecule is COc1cc(O)c2c(=O)c3cccc(OCc4ccccc4)c3[nH]c2c1OC. The van der Waals surface area contributed by atoms with Crippen molar-refractivity contribution in [3.63, 3.8) is 0 Å². The number of phenolic OH excluding ortho intramolecular Hbond substituents is 1. The lowest BCUT2D eigenvalue weighted by Gasteiger charge is -2.14. The molecule has 0 aliphatic carbocycles. The normalized spacial score (nSPS) is 10.9. The molecule has 0 aliphatic heterocycles. The Balaban J connectivity index is 1.94. The molecule has 2 N–H and O–H groups in total. The van der Waals surface area contributed by atoms with Crippen LogP contribution in [0.25, 0.3) is 21.8 Å². The Kier molecular flexibility index (Phi) is 4.53. The molecule has 28 heavy (non-hydrogen) atoms. The van der Waals surface area contributed by atoms with Gasteiger partial charge in [-0.1, -0.05) is 36.4 Å². The number of fused-ring (bicyclic) bond motifs is 2. The second-order valence-electron chi connectivity index (χ2n) is 6.29. The summed E-state index contributed by atoms with van der Waals surface area (Å²) in [6.45, 7) is 0.362. The van der Waals surface area contributed by atoms with Crippen molar-refractivity contribution in [1.82, 2.24) is 4.98 Å². The van der Waals surface area contributed by atoms with Gasteiger partial charge in [0.25, 0.3) is 0 Å². The average Bonchev–Trinajstić information content (AvgIpc) is 2.72. The van der Waals surface area contributed by atoms with Crippen molar-refractivity contribution in [3.05, 3.63) is 70.4 Å². The standard InChI is InChI=1S/C22H19NO5/c1-26-17-11-15(24)18-20(22(17)27-2)23-19-14(21(18)25)9-6-10-16(19)28-12-13-7-4-3-5-8-13/h3-11,24H,12H2,1-2H3,(H,23,25). The molecule has 142 valence electrons. The number of aromatic amines is 1. The Labute approximate surface area is 160 Å². The van der Waals surface area contributed by atoms with Crippen LogP contribution in [0, 0.1) is 0 Å². The van der Waals surface area contributed by atoms with Gasteiger partial charge in [-0.15, -0.1) is 0 Å². The lowest BCUT2D eigenvalue weighted by atomic mass is 10.1. The predicted octanol–water partition coefficient (Wildman–Crippen LogP) is 3.98. The lowest BCUT2D eigenvalue weighted by Crippen LogP contribution is -2.07. The minimum Gasteiger partial charge on any atom is -0.507 e. The van der Waals surface area contributed by atoms with Gasteiger partial charge in [-0.2, -0.15) is 0 Å². The van der Waals surface area contributed by atoms with Crippen LogP contribution >= 0.6 is 0 Å². The van der Waals surface area contributed by atoms with Gasteiger partial charge in [-0.05, 0) is 17.7 Å². The molecular formula is C22H19NO5. The number of hydrogen-bond acceptors (Lipinski definition) is 5. The fourth-order valence-corrected chi connectivity index (χ4v) is 3.29. The van der Waals surface area contributed by atoms with Crippen molar-refractivity contribution in [3.8, 4) is 23.0 Å². The van der Waals surface area contributed by atoms with Gasteiger partial charge in [0.1, 0.15) is 23.6 Å². The number of pyridine rings is 1. The molecule has 3 aromatic carbocycles. The van der Waals surface area contributed by atoms with Crippen molar-refractivity contribution in [2.24, 2.45) is 0 Å². The molecule has 1 aromatic heterocycles. The molecule has 0 amide bonds. The number of methoxy groups -OCH3 is 2. The summed E-state index contributed by atoms with van der Waals surface area (Å²) in [5, 5.41) is 10.9. The van der Waals surface area contributed by atoms with Gasteiger partial charge in [0.2, 0.25) is 5.43 Å². The third-order valence-corrected chi connectivity index (χ3v) is 4.63. The maximum atomic E-state index is 13.1. The van der Waals surface area contributed by atoms with Gasteiger partial charge in [0.05, 0.1) is 30.5 Å². The topological polar surface area (TPSA) is 80.8 Å². The van der Waals surface area contributed by atoms with Crippen LogP contribution in [0.15, 0.2) is 59.4 Å². The van der Waals surface area contributed by atoms with E-state index in [1.54, 1.807) is 18.2 Å². The summed E-state index contributed by atoms with van der Waals surface area (Å²) in [7, 11) is 2.95. The van der Waals surface area contributed by atoms with Gasteiger partial charge in [-0.3, -0.25) is 4.79 Å². The first-order valence-electron chi connectivity index (χ1n) is 8.73. The van der Waals surface area contributed by atoms with Crippen LogP contribution in [-0.2, 0) is 6.61 Å². The Morgan fingerprint density at radius 3 is 2.43 bits per heavy atom.